The Balaban J connectivity index is 1.80. The minimum absolute atomic E-state index is 0.121. The number of benzene rings is 2. The summed E-state index contributed by atoms with van der Waals surface area (Å²) in [6.07, 6.45) is 3.44. The number of ether oxygens (including phenoxy) is 3. The van der Waals surface area contributed by atoms with Crippen molar-refractivity contribution in [1.82, 2.24) is 5.16 Å². The molecule has 0 spiro atoms. The van der Waals surface area contributed by atoms with Crippen molar-refractivity contribution in [3.8, 4) is 45.4 Å². The largest absolute Gasteiger partial charge is 0.493 e. The van der Waals surface area contributed by atoms with Gasteiger partial charge in [0.1, 0.15) is 5.75 Å². The predicted octanol–water partition coefficient (Wildman–Crippen LogP) is 4.23. The monoisotopic (exact) mass is 421 g/mol. The highest BCUT2D eigenvalue weighted by molar-refractivity contribution is 7.98. The van der Waals surface area contributed by atoms with E-state index in [1.165, 1.54) is 11.8 Å². The van der Waals surface area contributed by atoms with Crippen LogP contribution in [0.5, 0.6) is 23.0 Å². The average molecular weight is 421 g/mol. The van der Waals surface area contributed by atoms with E-state index in [-0.39, 0.29) is 6.79 Å². The van der Waals surface area contributed by atoms with E-state index in [4.69, 9.17) is 23.3 Å². The lowest BCUT2D eigenvalue weighted by molar-refractivity contribution is 0.171. The lowest BCUT2D eigenvalue weighted by Crippen LogP contribution is -1.93. The third kappa shape index (κ3) is 3.44. The Kier molecular flexibility index (Phi) is 5.21. The average Bonchev–Trinajstić information content (AvgIpc) is 3.35. The van der Waals surface area contributed by atoms with Gasteiger partial charge in [0.15, 0.2) is 17.3 Å². The Labute approximate surface area is 165 Å². The van der Waals surface area contributed by atoms with Crippen LogP contribution in [0.4, 0.5) is 0 Å². The molecule has 1 aliphatic rings. The van der Waals surface area contributed by atoms with E-state index in [0.717, 1.165) is 10.5 Å². The van der Waals surface area contributed by atoms with Crippen molar-refractivity contribution >= 4 is 20.0 Å². The van der Waals surface area contributed by atoms with Crippen LogP contribution >= 0.6 is 20.0 Å². The van der Waals surface area contributed by atoms with Crippen LogP contribution < -0.4 is 18.7 Å². The number of thioether (sulfide) groups is 1. The first-order valence-corrected chi connectivity index (χ1v) is 10.6. The van der Waals surface area contributed by atoms with Crippen molar-refractivity contribution < 1.29 is 32.7 Å². The molecule has 1 aliphatic heterocycles. The van der Waals surface area contributed by atoms with Gasteiger partial charge in [-0.25, -0.2) is 4.57 Å². The maximum atomic E-state index is 11.2. The lowest BCUT2D eigenvalue weighted by atomic mass is 10.0. The molecule has 1 aromatic heterocycles. The summed E-state index contributed by atoms with van der Waals surface area (Å²) in [7, 11) is -1.58. The van der Waals surface area contributed by atoms with Crippen molar-refractivity contribution in [2.45, 2.75) is 4.90 Å². The molecule has 0 aliphatic carbocycles. The number of fused-ring (bicyclic) bond motifs is 1. The van der Waals surface area contributed by atoms with Gasteiger partial charge in [0, 0.05) is 16.0 Å². The summed E-state index contributed by atoms with van der Waals surface area (Å²) in [6, 6.07) is 8.93. The van der Waals surface area contributed by atoms with Crippen molar-refractivity contribution in [2.24, 2.45) is 0 Å². The summed E-state index contributed by atoms with van der Waals surface area (Å²) in [5, 5.41) is 3.92. The predicted molar refractivity (Wildman–Crippen MR) is 104 cm³/mol. The first-order valence-electron chi connectivity index (χ1n) is 8.12. The van der Waals surface area contributed by atoms with Gasteiger partial charge in [0.2, 0.25) is 12.5 Å². The second-order valence-corrected chi connectivity index (χ2v) is 7.30. The van der Waals surface area contributed by atoms with Crippen LogP contribution in [0.1, 0.15) is 0 Å². The van der Waals surface area contributed by atoms with Crippen molar-refractivity contribution in [1.29, 1.82) is 0 Å². The van der Waals surface area contributed by atoms with Gasteiger partial charge in [-0.3, -0.25) is 0 Å². The molecule has 0 amide bonds. The third-order valence-electron chi connectivity index (χ3n) is 4.16. The van der Waals surface area contributed by atoms with Gasteiger partial charge in [0.05, 0.1) is 13.3 Å². The normalized spacial score (nSPS) is 13.4. The molecule has 4 rings (SSSR count). The van der Waals surface area contributed by atoms with Crippen LogP contribution in [0.3, 0.4) is 0 Å². The van der Waals surface area contributed by atoms with E-state index in [1.807, 2.05) is 18.4 Å². The Hall–Kier alpha value is -2.61. The smallest absolute Gasteiger partial charge is 0.365 e. The molecule has 0 fully saturated rings. The molecule has 1 atom stereocenters. The molecular formula is C18H16NO7PS. The highest BCUT2D eigenvalue weighted by Gasteiger charge is 2.23. The number of nitrogens with zero attached hydrogens (tertiary/aromatic N) is 1. The Morgan fingerprint density at radius 2 is 2.00 bits per heavy atom. The minimum atomic E-state index is -3.13. The summed E-state index contributed by atoms with van der Waals surface area (Å²) in [6.45, 7) is 0.121. The quantitative estimate of drug-likeness (QED) is 0.463. The zero-order valence-corrected chi connectivity index (χ0v) is 16.7. The molecule has 0 bridgehead atoms. The first-order chi connectivity index (χ1) is 13.6. The van der Waals surface area contributed by atoms with Crippen molar-refractivity contribution in [3.05, 3.63) is 36.5 Å². The maximum absolute atomic E-state index is 11.2. The van der Waals surface area contributed by atoms with E-state index in [9.17, 15) is 9.46 Å². The zero-order chi connectivity index (χ0) is 19.7. The van der Waals surface area contributed by atoms with Crippen LogP contribution in [-0.2, 0) is 4.57 Å². The molecule has 28 heavy (non-hydrogen) atoms. The Morgan fingerprint density at radius 3 is 2.75 bits per heavy atom. The molecule has 2 heterocycles. The SMILES string of the molecule is COc1cc(-c2oncc2-c2ccc(SC)c(O[PH](=O)O)c2)cc2c1OCO2. The number of aromatic nitrogens is 1. The van der Waals surface area contributed by atoms with Crippen LogP contribution in [0.15, 0.2) is 45.9 Å². The summed E-state index contributed by atoms with van der Waals surface area (Å²) < 4.78 is 38.0. The maximum Gasteiger partial charge on any atom is 0.365 e. The minimum Gasteiger partial charge on any atom is -0.493 e. The van der Waals surface area contributed by atoms with Crippen LogP contribution in [0.25, 0.3) is 22.5 Å². The standard InChI is InChI=1S/C18H16NO7PS/c1-22-14-6-11(7-15-18(14)24-9-23-15)17-12(8-19-25-17)10-3-4-16(28-2)13(5-10)26-27(20)21/h3-8,27H,9H2,1-2H3,(H,20,21). The van der Waals surface area contributed by atoms with Crippen LogP contribution in [0.2, 0.25) is 0 Å². The third-order valence-corrected chi connectivity index (χ3v) is 5.33. The van der Waals surface area contributed by atoms with E-state index >= 15 is 0 Å². The molecule has 0 radical (unpaired) electrons. The van der Waals surface area contributed by atoms with Crippen molar-refractivity contribution in [3.63, 3.8) is 0 Å². The summed E-state index contributed by atoms with van der Waals surface area (Å²) in [5.41, 5.74) is 2.11. The number of rotatable bonds is 6. The van der Waals surface area contributed by atoms with E-state index in [1.54, 1.807) is 31.5 Å². The van der Waals surface area contributed by atoms with Gasteiger partial charge in [-0.2, -0.15) is 0 Å². The van der Waals surface area contributed by atoms with E-state index in [2.05, 4.69) is 5.16 Å². The van der Waals surface area contributed by atoms with Gasteiger partial charge < -0.3 is 28.2 Å². The molecule has 1 unspecified atom stereocenters. The molecule has 1 N–H and O–H groups in total. The molecule has 10 heteroatoms. The van der Waals surface area contributed by atoms with Crippen molar-refractivity contribution in [2.75, 3.05) is 20.2 Å². The van der Waals surface area contributed by atoms with Gasteiger partial charge in [-0.15, -0.1) is 11.8 Å². The molecule has 0 saturated carbocycles. The molecule has 8 nitrogen and oxygen atoms in total. The van der Waals surface area contributed by atoms with Gasteiger partial charge in [0.25, 0.3) is 0 Å². The number of hydrogen-bond donors (Lipinski definition) is 1. The van der Waals surface area contributed by atoms with Crippen LogP contribution in [0, 0.1) is 0 Å². The molecular weight excluding hydrogens is 405 g/mol. The lowest BCUT2D eigenvalue weighted by Gasteiger charge is -2.10. The Morgan fingerprint density at radius 1 is 1.18 bits per heavy atom. The highest BCUT2D eigenvalue weighted by atomic mass is 32.2. The number of hydrogen-bond acceptors (Lipinski definition) is 8. The first kappa shape index (κ1) is 18.7. The van der Waals surface area contributed by atoms with E-state index in [0.29, 0.717) is 39.9 Å². The van der Waals surface area contributed by atoms with Gasteiger partial charge in [-0.1, -0.05) is 11.2 Å². The summed E-state index contributed by atoms with van der Waals surface area (Å²) in [4.78, 5) is 9.92. The topological polar surface area (TPSA) is 100 Å². The van der Waals surface area contributed by atoms with E-state index < -0.39 is 8.25 Å². The molecule has 2 aromatic carbocycles. The molecule has 0 saturated heterocycles. The fraction of sp³-hybridized carbons (Fsp3) is 0.167. The van der Waals surface area contributed by atoms with Gasteiger partial charge in [-0.05, 0) is 36.1 Å². The molecule has 3 aromatic rings. The second-order valence-electron chi connectivity index (χ2n) is 5.71. The van der Waals surface area contributed by atoms with Crippen LogP contribution in [-0.4, -0.2) is 30.2 Å². The van der Waals surface area contributed by atoms with Gasteiger partial charge >= 0.3 is 8.25 Å². The number of methoxy groups -OCH3 is 1. The summed E-state index contributed by atoms with van der Waals surface area (Å²) in [5.74, 6) is 2.44. The second kappa shape index (κ2) is 7.79. The highest BCUT2D eigenvalue weighted by Crippen LogP contribution is 2.46. The zero-order valence-electron chi connectivity index (χ0n) is 14.9. The fourth-order valence-electron chi connectivity index (χ4n) is 2.93. The Bertz CT molecular complexity index is 1050. The molecule has 146 valence electrons. The summed E-state index contributed by atoms with van der Waals surface area (Å²) >= 11 is 1.42. The fourth-order valence-corrected chi connectivity index (χ4v) is 3.87.